The van der Waals surface area contributed by atoms with E-state index in [1.807, 2.05) is 45.0 Å². The Morgan fingerprint density at radius 1 is 1.16 bits per heavy atom. The van der Waals surface area contributed by atoms with Crippen LogP contribution in [0.25, 0.3) is 0 Å². The van der Waals surface area contributed by atoms with Crippen molar-refractivity contribution >= 4 is 29.1 Å². The molecule has 0 aromatic heterocycles. The van der Waals surface area contributed by atoms with Crippen molar-refractivity contribution in [1.29, 1.82) is 0 Å². The SMILES string of the molecule is C[C@H](NC[C@@H](Cl)CN1C[C@H]2CCCC[C@H]2C[C@H]1C(=O)NC(C)(C)C)c1ccc(Cl)cc1. The molecular weight excluding hydrogens is 429 g/mol. The molecule has 1 aromatic rings. The lowest BCUT2D eigenvalue weighted by molar-refractivity contribution is -0.131. The summed E-state index contributed by atoms with van der Waals surface area (Å²) >= 11 is 12.8. The number of carbonyl (C=O) groups is 1. The fourth-order valence-electron chi connectivity index (χ4n) is 5.12. The molecule has 5 atom stereocenters. The van der Waals surface area contributed by atoms with Gasteiger partial charge in [0.1, 0.15) is 0 Å². The van der Waals surface area contributed by atoms with Gasteiger partial charge in [-0.3, -0.25) is 9.69 Å². The lowest BCUT2D eigenvalue weighted by Crippen LogP contribution is -2.58. The first kappa shape index (κ1) is 24.8. The molecule has 1 aliphatic heterocycles. The molecule has 0 spiro atoms. The van der Waals surface area contributed by atoms with Gasteiger partial charge in [0.2, 0.25) is 5.91 Å². The maximum Gasteiger partial charge on any atom is 0.237 e. The summed E-state index contributed by atoms with van der Waals surface area (Å²) in [5.41, 5.74) is 0.973. The number of hydrogen-bond acceptors (Lipinski definition) is 3. The summed E-state index contributed by atoms with van der Waals surface area (Å²) in [5, 5.41) is 7.45. The number of nitrogens with one attached hydrogen (secondary N) is 2. The minimum absolute atomic E-state index is 0.0557. The van der Waals surface area contributed by atoms with Gasteiger partial charge in [0.25, 0.3) is 0 Å². The Morgan fingerprint density at radius 3 is 2.45 bits per heavy atom. The molecule has 1 amide bonds. The van der Waals surface area contributed by atoms with Crippen LogP contribution < -0.4 is 10.6 Å². The zero-order valence-electron chi connectivity index (χ0n) is 19.5. The van der Waals surface area contributed by atoms with Crippen LogP contribution >= 0.6 is 23.2 Å². The quantitative estimate of drug-likeness (QED) is 0.527. The molecule has 3 rings (SSSR count). The topological polar surface area (TPSA) is 44.4 Å². The lowest BCUT2D eigenvalue weighted by atomic mass is 9.72. The van der Waals surface area contributed by atoms with E-state index in [1.165, 1.54) is 31.2 Å². The maximum absolute atomic E-state index is 13.1. The van der Waals surface area contributed by atoms with Crippen LogP contribution in [0, 0.1) is 11.8 Å². The maximum atomic E-state index is 13.1. The van der Waals surface area contributed by atoms with Crippen molar-refractivity contribution in [2.24, 2.45) is 11.8 Å². The fraction of sp³-hybridized carbons (Fsp3) is 0.720. The third kappa shape index (κ3) is 7.35. The summed E-state index contributed by atoms with van der Waals surface area (Å²) < 4.78 is 0. The van der Waals surface area contributed by atoms with Gasteiger partial charge in [-0.25, -0.2) is 0 Å². The number of carbonyl (C=O) groups excluding carboxylic acids is 1. The number of hydrogen-bond donors (Lipinski definition) is 2. The van der Waals surface area contributed by atoms with Crippen LogP contribution in [0.1, 0.15) is 71.4 Å². The summed E-state index contributed by atoms with van der Waals surface area (Å²) in [6.07, 6.45) is 6.14. The van der Waals surface area contributed by atoms with Crippen LogP contribution in [0.15, 0.2) is 24.3 Å². The number of benzene rings is 1. The second kappa shape index (κ2) is 10.9. The van der Waals surface area contributed by atoms with E-state index < -0.39 is 0 Å². The van der Waals surface area contributed by atoms with Gasteiger partial charge in [-0.15, -0.1) is 11.6 Å². The number of rotatable bonds is 7. The Hall–Kier alpha value is -0.810. The molecule has 0 radical (unpaired) electrons. The van der Waals surface area contributed by atoms with Crippen molar-refractivity contribution in [2.75, 3.05) is 19.6 Å². The number of piperidine rings is 1. The molecule has 1 heterocycles. The van der Waals surface area contributed by atoms with E-state index in [-0.39, 0.29) is 28.9 Å². The minimum atomic E-state index is -0.220. The normalized spacial score (nSPS) is 26.7. The zero-order chi connectivity index (χ0) is 22.6. The van der Waals surface area contributed by atoms with Crippen molar-refractivity contribution in [1.82, 2.24) is 15.5 Å². The predicted octanol–water partition coefficient (Wildman–Crippen LogP) is 5.39. The molecule has 2 aliphatic rings. The minimum Gasteiger partial charge on any atom is -0.350 e. The average Bonchev–Trinajstić information content (AvgIpc) is 2.70. The van der Waals surface area contributed by atoms with E-state index in [0.717, 1.165) is 24.5 Å². The highest BCUT2D eigenvalue weighted by Gasteiger charge is 2.40. The van der Waals surface area contributed by atoms with Gasteiger partial charge >= 0.3 is 0 Å². The Labute approximate surface area is 198 Å². The lowest BCUT2D eigenvalue weighted by Gasteiger charge is -2.46. The summed E-state index contributed by atoms with van der Waals surface area (Å²) in [5.74, 6) is 1.54. The predicted molar refractivity (Wildman–Crippen MR) is 131 cm³/mol. The summed E-state index contributed by atoms with van der Waals surface area (Å²) in [6.45, 7) is 10.7. The number of fused-ring (bicyclic) bond motifs is 1. The van der Waals surface area contributed by atoms with E-state index in [9.17, 15) is 4.79 Å². The van der Waals surface area contributed by atoms with Crippen LogP contribution in [-0.4, -0.2) is 47.4 Å². The first-order chi connectivity index (χ1) is 14.6. The number of likely N-dealkylation sites (tertiary alicyclic amines) is 1. The molecule has 1 saturated carbocycles. The van der Waals surface area contributed by atoms with Crippen molar-refractivity contribution in [3.8, 4) is 0 Å². The molecule has 2 N–H and O–H groups in total. The first-order valence-electron chi connectivity index (χ1n) is 11.8. The highest BCUT2D eigenvalue weighted by Crippen LogP contribution is 2.39. The van der Waals surface area contributed by atoms with Crippen LogP contribution in [0.5, 0.6) is 0 Å². The molecule has 0 bridgehead atoms. The van der Waals surface area contributed by atoms with Gasteiger partial charge < -0.3 is 10.6 Å². The van der Waals surface area contributed by atoms with E-state index in [2.05, 4.69) is 22.5 Å². The molecule has 2 fully saturated rings. The second-order valence-electron chi connectivity index (χ2n) is 10.5. The van der Waals surface area contributed by atoms with Gasteiger partial charge in [-0.1, -0.05) is 43.0 Å². The van der Waals surface area contributed by atoms with Crippen LogP contribution in [0.4, 0.5) is 0 Å². The molecule has 31 heavy (non-hydrogen) atoms. The van der Waals surface area contributed by atoms with Crippen molar-refractivity contribution < 1.29 is 4.79 Å². The Balaban J connectivity index is 1.59. The third-order valence-corrected chi connectivity index (χ3v) is 7.30. The number of alkyl halides is 1. The van der Waals surface area contributed by atoms with E-state index in [0.29, 0.717) is 18.4 Å². The molecule has 1 aromatic carbocycles. The summed E-state index contributed by atoms with van der Waals surface area (Å²) in [4.78, 5) is 15.5. The van der Waals surface area contributed by atoms with E-state index in [4.69, 9.17) is 23.2 Å². The van der Waals surface area contributed by atoms with E-state index >= 15 is 0 Å². The van der Waals surface area contributed by atoms with Gasteiger partial charge in [0, 0.05) is 36.2 Å². The number of halogens is 2. The molecule has 174 valence electrons. The average molecular weight is 469 g/mol. The third-order valence-electron chi connectivity index (χ3n) is 6.75. The molecule has 0 unspecified atom stereocenters. The van der Waals surface area contributed by atoms with Gasteiger partial charge in [0.15, 0.2) is 0 Å². The largest absolute Gasteiger partial charge is 0.350 e. The van der Waals surface area contributed by atoms with Crippen molar-refractivity contribution in [3.63, 3.8) is 0 Å². The Kier molecular flexibility index (Phi) is 8.71. The second-order valence-corrected chi connectivity index (χ2v) is 11.6. The molecule has 6 heteroatoms. The number of amides is 1. The van der Waals surface area contributed by atoms with Gasteiger partial charge in [-0.05, 0) is 70.1 Å². The molecule has 1 saturated heterocycles. The fourth-order valence-corrected chi connectivity index (χ4v) is 5.51. The molecule has 4 nitrogen and oxygen atoms in total. The summed E-state index contributed by atoms with van der Waals surface area (Å²) in [7, 11) is 0. The van der Waals surface area contributed by atoms with Crippen LogP contribution in [0.3, 0.4) is 0 Å². The smallest absolute Gasteiger partial charge is 0.237 e. The van der Waals surface area contributed by atoms with Crippen molar-refractivity contribution in [3.05, 3.63) is 34.9 Å². The Morgan fingerprint density at radius 2 is 1.81 bits per heavy atom. The van der Waals surface area contributed by atoms with Gasteiger partial charge in [0.05, 0.1) is 11.4 Å². The molecule has 1 aliphatic carbocycles. The van der Waals surface area contributed by atoms with Crippen molar-refractivity contribution in [2.45, 2.75) is 82.8 Å². The van der Waals surface area contributed by atoms with E-state index in [1.54, 1.807) is 0 Å². The zero-order valence-corrected chi connectivity index (χ0v) is 21.0. The van der Waals surface area contributed by atoms with Crippen LogP contribution in [0.2, 0.25) is 5.02 Å². The standard InChI is InChI=1S/C25H39Cl2N3O/c1-17(18-9-11-21(26)12-10-18)28-14-22(27)16-30-15-20-8-6-5-7-19(20)13-23(30)24(31)29-25(2,3)4/h9-12,17,19-20,22-23,28H,5-8,13-16H2,1-4H3,(H,29,31)/t17-,19-,20+,22+,23-/m0/s1. The van der Waals surface area contributed by atoms with Gasteiger partial charge in [-0.2, -0.15) is 0 Å². The number of nitrogens with zero attached hydrogens (tertiary/aromatic N) is 1. The highest BCUT2D eigenvalue weighted by atomic mass is 35.5. The molecular formula is C25H39Cl2N3O. The first-order valence-corrected chi connectivity index (χ1v) is 12.6. The monoisotopic (exact) mass is 467 g/mol. The highest BCUT2D eigenvalue weighted by molar-refractivity contribution is 6.30. The Bertz CT molecular complexity index is 718. The summed E-state index contributed by atoms with van der Waals surface area (Å²) in [6, 6.07) is 8.05. The van der Waals surface area contributed by atoms with Crippen LogP contribution in [-0.2, 0) is 4.79 Å².